The Labute approximate surface area is 202 Å². The Morgan fingerprint density at radius 1 is 0.600 bits per heavy atom. The zero-order chi connectivity index (χ0) is 17.7. The van der Waals surface area contributed by atoms with Crippen molar-refractivity contribution in [1.29, 1.82) is 0 Å². The van der Waals surface area contributed by atoms with Gasteiger partial charge in [0.05, 0.1) is 6.61 Å². The number of hydrogen-bond donors (Lipinski definition) is 0. The Kier molecular flexibility index (Phi) is 28.4. The van der Waals surface area contributed by atoms with Crippen LogP contribution in [0.4, 0.5) is 0 Å². The number of unbranched alkanes of at least 4 members (excludes halogenated alkanes) is 17. The van der Waals surface area contributed by atoms with Crippen molar-refractivity contribution in [2.45, 2.75) is 129 Å². The smallest absolute Gasteiger partial charge is 1.00 e. The minimum absolute atomic E-state index is 0. The summed E-state index contributed by atoms with van der Waals surface area (Å²) < 4.78 is 4.93. The summed E-state index contributed by atoms with van der Waals surface area (Å²) in [5, 5.41) is 0. The molecule has 0 aliphatic carbocycles. The van der Waals surface area contributed by atoms with E-state index in [1.807, 2.05) is 0 Å². The predicted molar refractivity (Wildman–Crippen MR) is 107 cm³/mol. The van der Waals surface area contributed by atoms with Crippen molar-refractivity contribution in [3.63, 3.8) is 0 Å². The Balaban J connectivity index is -0.00000264. The fraction of sp³-hybridized carbons (Fsp3) is 0.955. The first-order valence-electron chi connectivity index (χ1n) is 10.9. The van der Waals surface area contributed by atoms with Crippen LogP contribution in [-0.2, 0) is 9.53 Å². The van der Waals surface area contributed by atoms with Crippen molar-refractivity contribution in [2.24, 2.45) is 0 Å². The second-order valence-electron chi connectivity index (χ2n) is 7.35. The zero-order valence-electron chi connectivity index (χ0n) is 18.8. The second kappa shape index (κ2) is 25.1. The van der Waals surface area contributed by atoms with Crippen LogP contribution in [0.15, 0.2) is 0 Å². The first-order valence-corrected chi connectivity index (χ1v) is 10.9. The minimum Gasteiger partial charge on any atom is -1.00 e. The van der Waals surface area contributed by atoms with Gasteiger partial charge in [0, 0.05) is 6.92 Å². The summed E-state index contributed by atoms with van der Waals surface area (Å²) in [7, 11) is 0. The van der Waals surface area contributed by atoms with Crippen LogP contribution in [0.1, 0.15) is 131 Å². The molecule has 3 heteroatoms. The van der Waals surface area contributed by atoms with Crippen molar-refractivity contribution in [1.82, 2.24) is 0 Å². The molecule has 0 spiro atoms. The summed E-state index contributed by atoms with van der Waals surface area (Å²) in [5.74, 6) is -0.151. The molecule has 0 fully saturated rings. The number of rotatable bonds is 19. The van der Waals surface area contributed by atoms with E-state index in [2.05, 4.69) is 6.92 Å². The summed E-state index contributed by atoms with van der Waals surface area (Å²) in [5.41, 5.74) is 0. The van der Waals surface area contributed by atoms with E-state index in [0.29, 0.717) is 6.61 Å². The maximum absolute atomic E-state index is 10.6. The first-order chi connectivity index (χ1) is 11.8. The Bertz CT molecular complexity index is 263. The molecule has 0 radical (unpaired) electrons. The van der Waals surface area contributed by atoms with Gasteiger partial charge in [-0.15, -0.1) is 0 Å². The molecule has 0 rings (SSSR count). The van der Waals surface area contributed by atoms with E-state index in [0.717, 1.165) is 6.42 Å². The normalized spacial score (nSPS) is 10.5. The largest absolute Gasteiger partial charge is 1.00 e. The molecule has 0 bridgehead atoms. The van der Waals surface area contributed by atoms with Crippen LogP contribution in [0.5, 0.6) is 0 Å². The first kappa shape index (κ1) is 28.3. The van der Waals surface area contributed by atoms with Crippen molar-refractivity contribution < 1.29 is 62.3 Å². The molecule has 0 saturated heterocycles. The molecule has 0 aliphatic heterocycles. The number of carbonyl (C=O) groups excluding carboxylic acids is 1. The van der Waals surface area contributed by atoms with Crippen LogP contribution >= 0.6 is 0 Å². The Morgan fingerprint density at radius 3 is 1.16 bits per heavy atom. The number of hydrogen-bond acceptors (Lipinski definition) is 2. The molecule has 0 aromatic rings. The molecule has 0 aliphatic rings. The summed E-state index contributed by atoms with van der Waals surface area (Å²) in [4.78, 5) is 10.6. The minimum atomic E-state index is -0.151. The quantitative estimate of drug-likeness (QED) is 0.184. The van der Waals surface area contributed by atoms with Crippen LogP contribution in [0.3, 0.4) is 0 Å². The van der Waals surface area contributed by atoms with Gasteiger partial charge in [-0.2, -0.15) is 0 Å². The molecular formula is C22H45KO2. The van der Waals surface area contributed by atoms with E-state index in [-0.39, 0.29) is 58.8 Å². The van der Waals surface area contributed by atoms with Crippen LogP contribution < -0.4 is 51.4 Å². The molecule has 0 unspecified atom stereocenters. The maximum atomic E-state index is 10.6. The van der Waals surface area contributed by atoms with Gasteiger partial charge in [-0.1, -0.05) is 116 Å². The summed E-state index contributed by atoms with van der Waals surface area (Å²) in [6.07, 6.45) is 24.9. The summed E-state index contributed by atoms with van der Waals surface area (Å²) >= 11 is 0. The Morgan fingerprint density at radius 2 is 0.880 bits per heavy atom. The van der Waals surface area contributed by atoms with E-state index in [4.69, 9.17) is 4.74 Å². The molecule has 0 atom stereocenters. The number of esters is 1. The van der Waals surface area contributed by atoms with Gasteiger partial charge in [0.1, 0.15) is 0 Å². The third-order valence-electron chi connectivity index (χ3n) is 4.80. The van der Waals surface area contributed by atoms with E-state index in [1.54, 1.807) is 0 Å². The molecule has 0 aromatic carbocycles. The van der Waals surface area contributed by atoms with Gasteiger partial charge in [-0.05, 0) is 6.42 Å². The third kappa shape index (κ3) is 27.4. The number of carbonyl (C=O) groups is 1. The topological polar surface area (TPSA) is 26.3 Å². The van der Waals surface area contributed by atoms with E-state index >= 15 is 0 Å². The van der Waals surface area contributed by atoms with Crippen LogP contribution in [0, 0.1) is 0 Å². The van der Waals surface area contributed by atoms with Crippen molar-refractivity contribution in [2.75, 3.05) is 6.61 Å². The van der Waals surface area contributed by atoms with Crippen LogP contribution in [0.2, 0.25) is 0 Å². The standard InChI is InChI=1S/C22H44O2.K.H/c1-3-4-5-6-7-8-9-10-11-12-13-14-15-16-17-18-19-20-21-24-22(2)23;;/h3-21H2,1-2H3;;/q;+1;-1. The van der Waals surface area contributed by atoms with Gasteiger partial charge in [-0.25, -0.2) is 0 Å². The average Bonchev–Trinajstić information content (AvgIpc) is 2.56. The maximum Gasteiger partial charge on any atom is 1.00 e. The summed E-state index contributed by atoms with van der Waals surface area (Å²) in [6.45, 7) is 4.37. The van der Waals surface area contributed by atoms with Crippen LogP contribution in [0.25, 0.3) is 0 Å². The molecule has 25 heavy (non-hydrogen) atoms. The molecular weight excluding hydrogens is 335 g/mol. The van der Waals surface area contributed by atoms with Crippen LogP contribution in [-0.4, -0.2) is 12.6 Å². The van der Waals surface area contributed by atoms with Gasteiger partial charge in [0.25, 0.3) is 0 Å². The average molecular weight is 381 g/mol. The van der Waals surface area contributed by atoms with E-state index in [1.165, 1.54) is 116 Å². The third-order valence-corrected chi connectivity index (χ3v) is 4.80. The zero-order valence-corrected chi connectivity index (χ0v) is 20.9. The molecule has 0 saturated carbocycles. The predicted octanol–water partition coefficient (Wildman–Crippen LogP) is 4.71. The number of ether oxygens (including phenoxy) is 1. The van der Waals surface area contributed by atoms with Gasteiger partial charge in [0.15, 0.2) is 0 Å². The molecule has 0 heterocycles. The second-order valence-corrected chi connectivity index (χ2v) is 7.35. The fourth-order valence-corrected chi connectivity index (χ4v) is 3.22. The SMILES string of the molecule is CCCCCCCCCCCCCCCCCCCCOC(C)=O.[H-].[K+]. The van der Waals surface area contributed by atoms with Gasteiger partial charge >= 0.3 is 57.4 Å². The molecule has 2 nitrogen and oxygen atoms in total. The van der Waals surface area contributed by atoms with Gasteiger partial charge < -0.3 is 6.16 Å². The van der Waals surface area contributed by atoms with Crippen molar-refractivity contribution in [3.8, 4) is 0 Å². The molecule has 0 aromatic heterocycles. The molecule has 0 amide bonds. The molecule has 146 valence electrons. The summed E-state index contributed by atoms with van der Waals surface area (Å²) in [6, 6.07) is 0. The van der Waals surface area contributed by atoms with E-state index in [9.17, 15) is 4.79 Å². The van der Waals surface area contributed by atoms with Gasteiger partial charge in [-0.3, -0.25) is 4.79 Å². The Hall–Kier alpha value is 1.11. The van der Waals surface area contributed by atoms with Gasteiger partial charge in [0.2, 0.25) is 0 Å². The monoisotopic (exact) mass is 380 g/mol. The van der Waals surface area contributed by atoms with Crippen molar-refractivity contribution >= 4 is 5.97 Å². The molecule has 0 N–H and O–H groups in total. The fourth-order valence-electron chi connectivity index (χ4n) is 3.22. The van der Waals surface area contributed by atoms with Crippen molar-refractivity contribution in [3.05, 3.63) is 0 Å². The van der Waals surface area contributed by atoms with E-state index < -0.39 is 0 Å².